The SMILES string of the molecule is Cc1cc([N+](=O)[O-])ccc1Oc1ccc2cc(C#N)ccc2c1. The third kappa shape index (κ3) is 2.97. The van der Waals surface area contributed by atoms with Gasteiger partial charge in [-0.2, -0.15) is 5.26 Å². The molecule has 5 heteroatoms. The maximum atomic E-state index is 10.8. The van der Waals surface area contributed by atoms with E-state index in [1.807, 2.05) is 30.3 Å². The van der Waals surface area contributed by atoms with Crippen LogP contribution in [-0.2, 0) is 0 Å². The third-order valence-electron chi connectivity index (χ3n) is 3.54. The summed E-state index contributed by atoms with van der Waals surface area (Å²) in [4.78, 5) is 10.3. The zero-order valence-electron chi connectivity index (χ0n) is 12.3. The van der Waals surface area contributed by atoms with E-state index in [-0.39, 0.29) is 5.69 Å². The van der Waals surface area contributed by atoms with Crippen molar-refractivity contribution in [3.05, 3.63) is 75.8 Å². The molecular weight excluding hydrogens is 292 g/mol. The lowest BCUT2D eigenvalue weighted by Gasteiger charge is -2.09. The fraction of sp³-hybridized carbons (Fsp3) is 0.0556. The van der Waals surface area contributed by atoms with E-state index in [4.69, 9.17) is 10.00 Å². The summed E-state index contributed by atoms with van der Waals surface area (Å²) < 4.78 is 5.82. The lowest BCUT2D eigenvalue weighted by Crippen LogP contribution is -1.92. The number of ether oxygens (including phenoxy) is 1. The maximum Gasteiger partial charge on any atom is 0.269 e. The topological polar surface area (TPSA) is 76.2 Å². The van der Waals surface area contributed by atoms with Crippen LogP contribution in [0.2, 0.25) is 0 Å². The standard InChI is InChI=1S/C18H12N2O3/c1-12-8-16(20(21)22)5-7-18(12)23-17-6-4-14-9-13(11-19)2-3-15(14)10-17/h2-10H,1H3. The number of rotatable bonds is 3. The monoisotopic (exact) mass is 304 g/mol. The van der Waals surface area contributed by atoms with E-state index in [2.05, 4.69) is 6.07 Å². The van der Waals surface area contributed by atoms with Crippen LogP contribution in [0.15, 0.2) is 54.6 Å². The van der Waals surface area contributed by atoms with E-state index >= 15 is 0 Å². The molecule has 0 aromatic heterocycles. The molecule has 0 N–H and O–H groups in total. The van der Waals surface area contributed by atoms with Gasteiger partial charge in [-0.25, -0.2) is 0 Å². The van der Waals surface area contributed by atoms with Crippen LogP contribution in [0.1, 0.15) is 11.1 Å². The van der Waals surface area contributed by atoms with Gasteiger partial charge in [-0.3, -0.25) is 10.1 Å². The van der Waals surface area contributed by atoms with Crippen molar-refractivity contribution in [2.24, 2.45) is 0 Å². The Morgan fingerprint density at radius 1 is 1.04 bits per heavy atom. The Morgan fingerprint density at radius 3 is 2.48 bits per heavy atom. The Kier molecular flexibility index (Phi) is 3.65. The zero-order chi connectivity index (χ0) is 16.4. The molecule has 3 aromatic carbocycles. The van der Waals surface area contributed by atoms with Crippen LogP contribution in [0, 0.1) is 28.4 Å². The van der Waals surface area contributed by atoms with Crippen LogP contribution in [0.5, 0.6) is 11.5 Å². The number of nitro benzene ring substituents is 1. The minimum Gasteiger partial charge on any atom is -0.457 e. The van der Waals surface area contributed by atoms with Gasteiger partial charge in [0, 0.05) is 12.1 Å². The van der Waals surface area contributed by atoms with Crippen molar-refractivity contribution >= 4 is 16.5 Å². The first-order valence-corrected chi connectivity index (χ1v) is 6.93. The van der Waals surface area contributed by atoms with E-state index < -0.39 is 4.92 Å². The highest BCUT2D eigenvalue weighted by atomic mass is 16.6. The number of hydrogen-bond donors (Lipinski definition) is 0. The van der Waals surface area contributed by atoms with Gasteiger partial charge in [-0.1, -0.05) is 12.1 Å². The molecule has 0 fully saturated rings. The van der Waals surface area contributed by atoms with Crippen molar-refractivity contribution in [2.75, 3.05) is 0 Å². The highest BCUT2D eigenvalue weighted by molar-refractivity contribution is 5.85. The number of hydrogen-bond acceptors (Lipinski definition) is 4. The fourth-order valence-electron chi connectivity index (χ4n) is 2.35. The van der Waals surface area contributed by atoms with E-state index in [9.17, 15) is 10.1 Å². The van der Waals surface area contributed by atoms with Crippen molar-refractivity contribution in [1.29, 1.82) is 5.26 Å². The Labute approximate surface area is 132 Å². The molecule has 0 aliphatic heterocycles. The molecule has 0 atom stereocenters. The van der Waals surface area contributed by atoms with E-state index in [1.165, 1.54) is 12.1 Å². The molecule has 3 aromatic rings. The average Bonchev–Trinajstić information content (AvgIpc) is 2.56. The van der Waals surface area contributed by atoms with Gasteiger partial charge in [-0.05, 0) is 53.6 Å². The number of nitrogens with zero attached hydrogens (tertiary/aromatic N) is 2. The van der Waals surface area contributed by atoms with E-state index in [1.54, 1.807) is 19.1 Å². The van der Waals surface area contributed by atoms with Crippen molar-refractivity contribution in [3.8, 4) is 17.6 Å². The first kappa shape index (κ1) is 14.5. The lowest BCUT2D eigenvalue weighted by molar-refractivity contribution is -0.384. The number of aryl methyl sites for hydroxylation is 1. The second-order valence-corrected chi connectivity index (χ2v) is 5.14. The van der Waals surface area contributed by atoms with Crippen molar-refractivity contribution in [2.45, 2.75) is 6.92 Å². The minimum absolute atomic E-state index is 0.0393. The molecule has 0 heterocycles. The Hall–Kier alpha value is -3.39. The number of nitro groups is 1. The third-order valence-corrected chi connectivity index (χ3v) is 3.54. The molecule has 0 aliphatic rings. The summed E-state index contributed by atoms with van der Waals surface area (Å²) in [6, 6.07) is 17.6. The predicted octanol–water partition coefficient (Wildman–Crippen LogP) is 4.72. The summed E-state index contributed by atoms with van der Waals surface area (Å²) >= 11 is 0. The maximum absolute atomic E-state index is 10.8. The fourth-order valence-corrected chi connectivity index (χ4v) is 2.35. The van der Waals surface area contributed by atoms with Crippen molar-refractivity contribution < 1.29 is 9.66 Å². The number of nitriles is 1. The largest absolute Gasteiger partial charge is 0.457 e. The summed E-state index contributed by atoms with van der Waals surface area (Å²) in [5.41, 5.74) is 1.34. The molecule has 0 aliphatic carbocycles. The lowest BCUT2D eigenvalue weighted by atomic mass is 10.1. The molecular formula is C18H12N2O3. The van der Waals surface area contributed by atoms with Gasteiger partial charge in [-0.15, -0.1) is 0 Å². The Morgan fingerprint density at radius 2 is 1.78 bits per heavy atom. The summed E-state index contributed by atoms with van der Waals surface area (Å²) in [5, 5.41) is 21.6. The molecule has 0 radical (unpaired) electrons. The van der Waals surface area contributed by atoms with Crippen LogP contribution >= 0.6 is 0 Å². The van der Waals surface area contributed by atoms with Gasteiger partial charge in [0.15, 0.2) is 0 Å². The quantitative estimate of drug-likeness (QED) is 0.518. The molecule has 0 saturated heterocycles. The van der Waals surface area contributed by atoms with Crippen LogP contribution in [0.25, 0.3) is 10.8 Å². The first-order chi connectivity index (χ1) is 11.1. The molecule has 0 amide bonds. The van der Waals surface area contributed by atoms with Gasteiger partial charge in [0.25, 0.3) is 5.69 Å². The molecule has 0 spiro atoms. The molecule has 0 unspecified atom stereocenters. The predicted molar refractivity (Wildman–Crippen MR) is 86.6 cm³/mol. The first-order valence-electron chi connectivity index (χ1n) is 6.93. The van der Waals surface area contributed by atoms with Crippen LogP contribution in [0.4, 0.5) is 5.69 Å². The molecule has 0 saturated carbocycles. The van der Waals surface area contributed by atoms with E-state index in [0.717, 1.165) is 10.8 Å². The minimum atomic E-state index is -0.431. The Bertz CT molecular complexity index is 958. The highest BCUT2D eigenvalue weighted by Crippen LogP contribution is 2.30. The summed E-state index contributed by atoms with van der Waals surface area (Å²) in [6.45, 7) is 1.77. The van der Waals surface area contributed by atoms with Gasteiger partial charge in [0.05, 0.1) is 16.6 Å². The summed E-state index contributed by atoms with van der Waals surface area (Å²) in [5.74, 6) is 1.21. The molecule has 5 nitrogen and oxygen atoms in total. The van der Waals surface area contributed by atoms with E-state index in [0.29, 0.717) is 22.6 Å². The molecule has 112 valence electrons. The van der Waals surface area contributed by atoms with Gasteiger partial charge >= 0.3 is 0 Å². The highest BCUT2D eigenvalue weighted by Gasteiger charge is 2.09. The number of benzene rings is 3. The van der Waals surface area contributed by atoms with Crippen LogP contribution < -0.4 is 4.74 Å². The zero-order valence-corrected chi connectivity index (χ0v) is 12.3. The second kappa shape index (κ2) is 5.78. The van der Waals surface area contributed by atoms with Gasteiger partial charge in [0.2, 0.25) is 0 Å². The van der Waals surface area contributed by atoms with Crippen molar-refractivity contribution in [1.82, 2.24) is 0 Å². The number of non-ortho nitro benzene ring substituents is 1. The molecule has 23 heavy (non-hydrogen) atoms. The summed E-state index contributed by atoms with van der Waals surface area (Å²) in [6.07, 6.45) is 0. The second-order valence-electron chi connectivity index (χ2n) is 5.14. The van der Waals surface area contributed by atoms with Gasteiger partial charge < -0.3 is 4.74 Å². The summed E-state index contributed by atoms with van der Waals surface area (Å²) in [7, 11) is 0. The van der Waals surface area contributed by atoms with Crippen LogP contribution in [-0.4, -0.2) is 4.92 Å². The van der Waals surface area contributed by atoms with Crippen LogP contribution in [0.3, 0.4) is 0 Å². The van der Waals surface area contributed by atoms with Gasteiger partial charge in [0.1, 0.15) is 11.5 Å². The molecule has 3 rings (SSSR count). The molecule has 0 bridgehead atoms. The Balaban J connectivity index is 1.92. The number of fused-ring (bicyclic) bond motifs is 1. The van der Waals surface area contributed by atoms with Crippen molar-refractivity contribution in [3.63, 3.8) is 0 Å². The smallest absolute Gasteiger partial charge is 0.269 e. The normalized spacial score (nSPS) is 10.3. The average molecular weight is 304 g/mol.